The SMILES string of the molecule is Cc1cc(F)ccc1C(NN)C1SCCSC1C. The van der Waals surface area contributed by atoms with Crippen molar-refractivity contribution in [3.05, 3.63) is 35.1 Å². The van der Waals surface area contributed by atoms with E-state index in [0.717, 1.165) is 16.9 Å². The number of halogens is 1. The van der Waals surface area contributed by atoms with Gasteiger partial charge in [0.05, 0.1) is 6.04 Å². The van der Waals surface area contributed by atoms with Crippen LogP contribution in [0.2, 0.25) is 0 Å². The Kier molecular flexibility index (Phi) is 4.95. The molecule has 0 bridgehead atoms. The fourth-order valence-electron chi connectivity index (χ4n) is 2.37. The molecule has 2 rings (SSSR count). The number of nitrogens with two attached hydrogens (primary N) is 1. The van der Waals surface area contributed by atoms with Crippen LogP contribution >= 0.6 is 23.5 Å². The molecule has 0 aromatic heterocycles. The second-order valence-corrected chi connectivity index (χ2v) is 7.33. The van der Waals surface area contributed by atoms with Crippen LogP contribution in [0, 0.1) is 12.7 Å². The summed E-state index contributed by atoms with van der Waals surface area (Å²) in [6.07, 6.45) is 0. The summed E-state index contributed by atoms with van der Waals surface area (Å²) in [5.41, 5.74) is 4.98. The molecule has 1 aliphatic heterocycles. The Hall–Kier alpha value is -0.230. The van der Waals surface area contributed by atoms with Crippen LogP contribution in [-0.2, 0) is 0 Å². The average Bonchev–Trinajstić information content (AvgIpc) is 2.34. The van der Waals surface area contributed by atoms with Crippen LogP contribution in [0.25, 0.3) is 0 Å². The van der Waals surface area contributed by atoms with Crippen LogP contribution in [-0.4, -0.2) is 22.0 Å². The Labute approximate surface area is 116 Å². The summed E-state index contributed by atoms with van der Waals surface area (Å²) in [5, 5.41) is 0.979. The first-order chi connectivity index (χ1) is 8.63. The van der Waals surface area contributed by atoms with Gasteiger partial charge in [0.2, 0.25) is 0 Å². The van der Waals surface area contributed by atoms with Crippen molar-refractivity contribution >= 4 is 23.5 Å². The van der Waals surface area contributed by atoms with E-state index in [1.807, 2.05) is 36.5 Å². The zero-order chi connectivity index (χ0) is 13.1. The summed E-state index contributed by atoms with van der Waals surface area (Å²) in [5.74, 6) is 7.90. The molecular formula is C13H19FN2S2. The van der Waals surface area contributed by atoms with Crippen LogP contribution in [0.1, 0.15) is 24.1 Å². The molecule has 0 spiro atoms. The molecule has 1 aliphatic rings. The molecule has 18 heavy (non-hydrogen) atoms. The molecule has 3 atom stereocenters. The van der Waals surface area contributed by atoms with Gasteiger partial charge in [0.15, 0.2) is 0 Å². The number of rotatable bonds is 3. The maximum absolute atomic E-state index is 13.2. The van der Waals surface area contributed by atoms with Gasteiger partial charge in [-0.3, -0.25) is 11.3 Å². The monoisotopic (exact) mass is 286 g/mol. The quantitative estimate of drug-likeness (QED) is 0.662. The Morgan fingerprint density at radius 3 is 2.72 bits per heavy atom. The van der Waals surface area contributed by atoms with E-state index in [1.54, 1.807) is 6.07 Å². The predicted molar refractivity (Wildman–Crippen MR) is 79.4 cm³/mol. The van der Waals surface area contributed by atoms with Gasteiger partial charge in [0.1, 0.15) is 5.82 Å². The predicted octanol–water partition coefficient (Wildman–Crippen LogP) is 2.88. The standard InChI is InChI=1S/C13H19FN2S2/c1-8-7-10(14)3-4-11(8)12(16-15)13-9(2)17-5-6-18-13/h3-4,7,9,12-13,16H,5-6,15H2,1-2H3. The molecule has 0 radical (unpaired) electrons. The first kappa shape index (κ1) is 14.2. The van der Waals surface area contributed by atoms with Crippen molar-refractivity contribution in [2.45, 2.75) is 30.4 Å². The second kappa shape index (κ2) is 6.28. The maximum atomic E-state index is 13.2. The van der Waals surface area contributed by atoms with E-state index in [2.05, 4.69) is 12.3 Å². The van der Waals surface area contributed by atoms with Crippen LogP contribution in [0.4, 0.5) is 4.39 Å². The number of hydrogen-bond donors (Lipinski definition) is 2. The second-order valence-electron chi connectivity index (χ2n) is 4.56. The Morgan fingerprint density at radius 2 is 2.11 bits per heavy atom. The van der Waals surface area contributed by atoms with E-state index in [0.29, 0.717) is 10.5 Å². The van der Waals surface area contributed by atoms with Crippen molar-refractivity contribution in [1.29, 1.82) is 0 Å². The van der Waals surface area contributed by atoms with Gasteiger partial charge in [-0.2, -0.15) is 23.5 Å². The third-order valence-electron chi connectivity index (χ3n) is 3.31. The van der Waals surface area contributed by atoms with Gasteiger partial charge in [0, 0.05) is 22.0 Å². The topological polar surface area (TPSA) is 38.0 Å². The number of hydrazine groups is 1. The van der Waals surface area contributed by atoms with Crippen molar-refractivity contribution in [2.75, 3.05) is 11.5 Å². The van der Waals surface area contributed by atoms with Gasteiger partial charge in [-0.15, -0.1) is 0 Å². The summed E-state index contributed by atoms with van der Waals surface area (Å²) >= 11 is 3.94. The zero-order valence-electron chi connectivity index (χ0n) is 10.7. The molecule has 1 saturated heterocycles. The molecule has 0 amide bonds. The van der Waals surface area contributed by atoms with Crippen LogP contribution < -0.4 is 11.3 Å². The van der Waals surface area contributed by atoms with E-state index in [4.69, 9.17) is 5.84 Å². The minimum atomic E-state index is -0.189. The fraction of sp³-hybridized carbons (Fsp3) is 0.538. The molecule has 3 unspecified atom stereocenters. The number of hydrogen-bond acceptors (Lipinski definition) is 4. The molecule has 1 aromatic carbocycles. The molecule has 1 heterocycles. The van der Waals surface area contributed by atoms with E-state index in [9.17, 15) is 4.39 Å². The molecule has 5 heteroatoms. The molecule has 0 saturated carbocycles. The van der Waals surface area contributed by atoms with Gasteiger partial charge in [-0.05, 0) is 30.2 Å². The Morgan fingerprint density at radius 1 is 1.39 bits per heavy atom. The highest BCUT2D eigenvalue weighted by Crippen LogP contribution is 2.39. The van der Waals surface area contributed by atoms with E-state index >= 15 is 0 Å². The first-order valence-electron chi connectivity index (χ1n) is 6.09. The summed E-state index contributed by atoms with van der Waals surface area (Å²) in [6, 6.07) is 5.02. The lowest BCUT2D eigenvalue weighted by molar-refractivity contribution is 0.522. The van der Waals surface area contributed by atoms with Crippen molar-refractivity contribution in [3.63, 3.8) is 0 Å². The van der Waals surface area contributed by atoms with Crippen molar-refractivity contribution < 1.29 is 4.39 Å². The molecule has 2 nitrogen and oxygen atoms in total. The van der Waals surface area contributed by atoms with Crippen molar-refractivity contribution in [1.82, 2.24) is 5.43 Å². The van der Waals surface area contributed by atoms with Crippen LogP contribution in [0.3, 0.4) is 0 Å². The third-order valence-corrected chi connectivity index (χ3v) is 6.51. The minimum absolute atomic E-state index is 0.0819. The molecule has 100 valence electrons. The lowest BCUT2D eigenvalue weighted by Crippen LogP contribution is -2.41. The zero-order valence-corrected chi connectivity index (χ0v) is 12.3. The Balaban J connectivity index is 2.26. The lowest BCUT2D eigenvalue weighted by atomic mass is 9.97. The highest BCUT2D eigenvalue weighted by molar-refractivity contribution is 8.07. The highest BCUT2D eigenvalue weighted by Gasteiger charge is 2.31. The fourth-order valence-corrected chi connectivity index (χ4v) is 5.29. The summed E-state index contributed by atoms with van der Waals surface area (Å²) < 4.78 is 13.2. The molecule has 1 fully saturated rings. The first-order valence-corrected chi connectivity index (χ1v) is 8.18. The van der Waals surface area contributed by atoms with Gasteiger partial charge in [-0.1, -0.05) is 13.0 Å². The summed E-state index contributed by atoms with van der Waals surface area (Å²) in [6.45, 7) is 4.18. The highest BCUT2D eigenvalue weighted by atomic mass is 32.2. The number of nitrogens with one attached hydrogen (secondary N) is 1. The van der Waals surface area contributed by atoms with Gasteiger partial charge < -0.3 is 0 Å². The largest absolute Gasteiger partial charge is 0.271 e. The maximum Gasteiger partial charge on any atom is 0.123 e. The summed E-state index contributed by atoms with van der Waals surface area (Å²) in [4.78, 5) is 0. The van der Waals surface area contributed by atoms with E-state index in [-0.39, 0.29) is 11.9 Å². The summed E-state index contributed by atoms with van der Waals surface area (Å²) in [7, 11) is 0. The van der Waals surface area contributed by atoms with Crippen LogP contribution in [0.15, 0.2) is 18.2 Å². The van der Waals surface area contributed by atoms with Crippen LogP contribution in [0.5, 0.6) is 0 Å². The average molecular weight is 286 g/mol. The normalized spacial score (nSPS) is 26.0. The number of thioether (sulfide) groups is 2. The molecule has 1 aromatic rings. The molecule has 3 N–H and O–H groups in total. The molecule has 0 aliphatic carbocycles. The number of aryl methyl sites for hydroxylation is 1. The number of benzene rings is 1. The third kappa shape index (κ3) is 3.02. The van der Waals surface area contributed by atoms with Crippen molar-refractivity contribution in [3.8, 4) is 0 Å². The van der Waals surface area contributed by atoms with E-state index < -0.39 is 0 Å². The van der Waals surface area contributed by atoms with Crippen molar-refractivity contribution in [2.24, 2.45) is 5.84 Å². The lowest BCUT2D eigenvalue weighted by Gasteiger charge is -2.35. The Bertz CT molecular complexity index is 414. The molecular weight excluding hydrogens is 267 g/mol. The van der Waals surface area contributed by atoms with Gasteiger partial charge >= 0.3 is 0 Å². The smallest absolute Gasteiger partial charge is 0.123 e. The van der Waals surface area contributed by atoms with Gasteiger partial charge in [0.25, 0.3) is 0 Å². The van der Waals surface area contributed by atoms with Gasteiger partial charge in [-0.25, -0.2) is 4.39 Å². The van der Waals surface area contributed by atoms with E-state index in [1.165, 1.54) is 11.8 Å². The minimum Gasteiger partial charge on any atom is -0.271 e.